The molecule has 9 nitrogen and oxygen atoms in total. The molecule has 0 saturated heterocycles. The first-order valence-electron chi connectivity index (χ1n) is 13.0. The number of carbonyl (C=O) groups excluding carboxylic acids is 3. The number of pyridine rings is 1. The van der Waals surface area contributed by atoms with E-state index in [9.17, 15) is 14.4 Å². The second-order valence-corrected chi connectivity index (χ2v) is 10.8. The van der Waals surface area contributed by atoms with Gasteiger partial charge in [0.2, 0.25) is 5.91 Å². The fraction of sp³-hybridized carbons (Fsp3) is 0.200. The van der Waals surface area contributed by atoms with Crippen molar-refractivity contribution in [2.24, 2.45) is 0 Å². The standard InChI is InChI=1S/C30H27N5O4S/c1-3-24(36)32-18-9-10-19(16-18)33-28(37)27-26-25-23(13-14-31-29(25)40-27)35(30(38)34-26)22-12-11-21(15-17(22)2)39-20-7-5-4-6-8-20/h3-8,11-15,18-19H,1,9-10,16H2,2H3,(H,32,36)(H,33,37)(H,34,38)/t18-,19-/m1/s1. The van der Waals surface area contributed by atoms with E-state index in [1.807, 2.05) is 55.5 Å². The van der Waals surface area contributed by atoms with Crippen LogP contribution in [0.2, 0.25) is 0 Å². The smallest absolute Gasteiger partial charge is 0.331 e. The lowest BCUT2D eigenvalue weighted by molar-refractivity contribution is -0.117. The molecule has 0 radical (unpaired) electrons. The van der Waals surface area contributed by atoms with Crippen LogP contribution < -0.4 is 25.6 Å². The molecule has 10 heteroatoms. The summed E-state index contributed by atoms with van der Waals surface area (Å²) in [6, 6.07) is 16.4. The number of rotatable bonds is 7. The summed E-state index contributed by atoms with van der Waals surface area (Å²) in [5.74, 6) is 0.907. The number of amides is 4. The Morgan fingerprint density at radius 3 is 2.60 bits per heavy atom. The number of ether oxygens (including phenoxy) is 1. The normalized spacial score (nSPS) is 17.8. The molecule has 1 saturated carbocycles. The minimum absolute atomic E-state index is 0.00851. The van der Waals surface area contributed by atoms with Crippen LogP contribution in [0.25, 0.3) is 10.2 Å². The molecule has 0 bridgehead atoms. The summed E-state index contributed by atoms with van der Waals surface area (Å²) in [7, 11) is 0. The highest BCUT2D eigenvalue weighted by molar-refractivity contribution is 7.21. The maximum absolute atomic E-state index is 13.5. The number of hydrogen-bond acceptors (Lipinski definition) is 6. The SMILES string of the molecule is C=CC(=O)N[C@@H]1CC[C@@H](NC(=O)c2sc3nccc4c3c2NC(=O)N4c2ccc(Oc3ccccc3)cc2C)C1. The Balaban J connectivity index is 1.27. The number of urea groups is 1. The second-order valence-electron chi connectivity index (χ2n) is 9.84. The van der Waals surface area contributed by atoms with Crippen molar-refractivity contribution in [3.63, 3.8) is 0 Å². The summed E-state index contributed by atoms with van der Waals surface area (Å²) in [5, 5.41) is 9.64. The minimum Gasteiger partial charge on any atom is -0.457 e. The monoisotopic (exact) mass is 553 g/mol. The van der Waals surface area contributed by atoms with E-state index in [0.717, 1.165) is 29.5 Å². The lowest BCUT2D eigenvalue weighted by atomic mass is 10.1. The van der Waals surface area contributed by atoms with Crippen molar-refractivity contribution in [1.82, 2.24) is 15.6 Å². The van der Waals surface area contributed by atoms with Crippen LogP contribution >= 0.6 is 11.3 Å². The lowest BCUT2D eigenvalue weighted by Crippen LogP contribution is -2.37. The van der Waals surface area contributed by atoms with Gasteiger partial charge in [-0.05, 0) is 74.2 Å². The number of hydrogen-bond donors (Lipinski definition) is 3. The van der Waals surface area contributed by atoms with Crippen LogP contribution in [0.4, 0.5) is 21.9 Å². The quantitative estimate of drug-likeness (QED) is 0.242. The fourth-order valence-corrected chi connectivity index (χ4v) is 6.33. The maximum atomic E-state index is 13.5. The summed E-state index contributed by atoms with van der Waals surface area (Å²) in [6.45, 7) is 5.41. The van der Waals surface area contributed by atoms with Gasteiger partial charge in [0.05, 0.1) is 22.4 Å². The molecule has 3 N–H and O–H groups in total. The summed E-state index contributed by atoms with van der Waals surface area (Å²) < 4.78 is 5.96. The topological polar surface area (TPSA) is 113 Å². The van der Waals surface area contributed by atoms with Crippen molar-refractivity contribution < 1.29 is 19.1 Å². The molecule has 40 heavy (non-hydrogen) atoms. The molecule has 2 aromatic heterocycles. The largest absolute Gasteiger partial charge is 0.457 e. The van der Waals surface area contributed by atoms with Gasteiger partial charge in [0.15, 0.2) is 0 Å². The highest BCUT2D eigenvalue weighted by atomic mass is 32.1. The zero-order chi connectivity index (χ0) is 27.8. The van der Waals surface area contributed by atoms with Crippen molar-refractivity contribution in [1.29, 1.82) is 0 Å². The average Bonchev–Trinajstić information content (AvgIpc) is 3.55. The van der Waals surface area contributed by atoms with Gasteiger partial charge in [-0.25, -0.2) is 9.78 Å². The van der Waals surface area contributed by atoms with E-state index < -0.39 is 0 Å². The van der Waals surface area contributed by atoms with Crippen LogP contribution in [0.5, 0.6) is 11.5 Å². The molecule has 2 aromatic carbocycles. The van der Waals surface area contributed by atoms with Gasteiger partial charge in [-0.15, -0.1) is 11.3 Å². The van der Waals surface area contributed by atoms with Crippen molar-refractivity contribution in [3.8, 4) is 11.5 Å². The van der Waals surface area contributed by atoms with Gasteiger partial charge >= 0.3 is 6.03 Å². The van der Waals surface area contributed by atoms with E-state index in [1.165, 1.54) is 17.4 Å². The molecular weight excluding hydrogens is 526 g/mol. The number of aromatic nitrogens is 1. The Morgan fingerprint density at radius 2 is 1.85 bits per heavy atom. The first kappa shape index (κ1) is 25.6. The molecule has 6 rings (SSSR count). The summed E-state index contributed by atoms with van der Waals surface area (Å²) in [6.07, 6.45) is 5.06. The van der Waals surface area contributed by atoms with Gasteiger partial charge in [-0.2, -0.15) is 0 Å². The first-order valence-corrected chi connectivity index (χ1v) is 13.8. The maximum Gasteiger partial charge on any atom is 0.331 e. The third-order valence-corrected chi connectivity index (χ3v) is 8.24. The van der Waals surface area contributed by atoms with Gasteiger partial charge < -0.3 is 20.7 Å². The van der Waals surface area contributed by atoms with E-state index in [4.69, 9.17) is 4.74 Å². The Labute approximate surface area is 234 Å². The second kappa shape index (κ2) is 10.5. The number of carbonyl (C=O) groups is 3. The molecule has 4 amide bonds. The van der Waals surface area contributed by atoms with Gasteiger partial charge in [0, 0.05) is 18.3 Å². The third-order valence-electron chi connectivity index (χ3n) is 7.14. The Morgan fingerprint density at radius 1 is 1.07 bits per heavy atom. The van der Waals surface area contributed by atoms with Crippen LogP contribution in [0.1, 0.15) is 34.5 Å². The number of thiophene rings is 1. The first-order chi connectivity index (χ1) is 19.4. The van der Waals surface area contributed by atoms with E-state index in [0.29, 0.717) is 38.9 Å². The van der Waals surface area contributed by atoms with Crippen molar-refractivity contribution >= 4 is 56.5 Å². The summed E-state index contributed by atoms with van der Waals surface area (Å²) in [4.78, 5) is 45.7. The van der Waals surface area contributed by atoms with Gasteiger partial charge in [-0.1, -0.05) is 24.8 Å². The van der Waals surface area contributed by atoms with Crippen molar-refractivity contribution in [2.75, 3.05) is 10.2 Å². The van der Waals surface area contributed by atoms with Crippen LogP contribution in [0.3, 0.4) is 0 Å². The lowest BCUT2D eigenvalue weighted by Gasteiger charge is -2.29. The van der Waals surface area contributed by atoms with E-state index in [-0.39, 0.29) is 29.9 Å². The molecule has 2 aliphatic rings. The van der Waals surface area contributed by atoms with Crippen LogP contribution in [0, 0.1) is 6.92 Å². The van der Waals surface area contributed by atoms with Gasteiger partial charge in [0.1, 0.15) is 21.2 Å². The van der Waals surface area contributed by atoms with Crippen molar-refractivity contribution in [3.05, 3.63) is 83.9 Å². The van der Waals surface area contributed by atoms with E-state index in [2.05, 4.69) is 27.5 Å². The van der Waals surface area contributed by atoms with Crippen LogP contribution in [-0.2, 0) is 4.79 Å². The number of aryl methyl sites for hydroxylation is 1. The Kier molecular flexibility index (Phi) is 6.69. The fourth-order valence-electron chi connectivity index (χ4n) is 5.31. The van der Waals surface area contributed by atoms with E-state index >= 15 is 0 Å². The molecular formula is C30H27N5O4S. The van der Waals surface area contributed by atoms with Gasteiger partial charge in [0.25, 0.3) is 5.91 Å². The van der Waals surface area contributed by atoms with E-state index in [1.54, 1.807) is 17.2 Å². The molecule has 1 aliphatic carbocycles. The molecule has 3 heterocycles. The Bertz CT molecular complexity index is 1650. The highest BCUT2D eigenvalue weighted by Crippen LogP contribution is 2.46. The molecule has 0 spiro atoms. The predicted molar refractivity (Wildman–Crippen MR) is 156 cm³/mol. The number of nitrogens with zero attached hydrogens (tertiary/aromatic N) is 2. The number of nitrogens with one attached hydrogen (secondary N) is 3. The molecule has 4 aromatic rings. The van der Waals surface area contributed by atoms with Crippen molar-refractivity contribution in [2.45, 2.75) is 38.3 Å². The van der Waals surface area contributed by atoms with Gasteiger partial charge in [-0.3, -0.25) is 14.5 Å². The summed E-state index contributed by atoms with van der Waals surface area (Å²) >= 11 is 1.25. The molecule has 1 fully saturated rings. The number of anilines is 3. The highest BCUT2D eigenvalue weighted by Gasteiger charge is 2.34. The third kappa shape index (κ3) is 4.77. The molecule has 0 unspecified atom stereocenters. The summed E-state index contributed by atoms with van der Waals surface area (Å²) in [5.41, 5.74) is 2.68. The molecule has 1 aliphatic heterocycles. The predicted octanol–water partition coefficient (Wildman–Crippen LogP) is 6.03. The number of benzene rings is 2. The zero-order valence-corrected chi connectivity index (χ0v) is 22.6. The minimum atomic E-state index is -0.361. The molecule has 2 atom stereocenters. The number of para-hydroxylation sites is 1. The van der Waals surface area contributed by atoms with Crippen LogP contribution in [0.15, 0.2) is 73.4 Å². The Hall–Kier alpha value is -4.70. The zero-order valence-electron chi connectivity index (χ0n) is 21.8. The molecule has 202 valence electrons. The average molecular weight is 554 g/mol. The van der Waals surface area contributed by atoms with Crippen LogP contribution in [-0.4, -0.2) is 34.9 Å².